The number of hydrogen-bond donors (Lipinski definition) is 1. The fourth-order valence-electron chi connectivity index (χ4n) is 1.89. The highest BCUT2D eigenvalue weighted by atomic mass is 35.5. The molecular weight excluding hydrogens is 287 g/mol. The topological polar surface area (TPSA) is 46.0 Å². The predicted octanol–water partition coefficient (Wildman–Crippen LogP) is 3.56. The molecule has 0 fully saturated rings. The zero-order chi connectivity index (χ0) is 13.8. The van der Waals surface area contributed by atoms with E-state index in [-0.39, 0.29) is 11.4 Å². The molecule has 1 N–H and O–H groups in total. The normalized spacial score (nSPS) is 12.6. The van der Waals surface area contributed by atoms with Crippen LogP contribution in [0.25, 0.3) is 0 Å². The summed E-state index contributed by atoms with van der Waals surface area (Å²) in [6, 6.07) is 4.60. The lowest BCUT2D eigenvalue weighted by molar-refractivity contribution is 0.181. The average molecular weight is 301 g/mol. The minimum absolute atomic E-state index is 0.0658. The van der Waals surface area contributed by atoms with Gasteiger partial charge >= 0.3 is 0 Å². The Bertz CT molecular complexity index is 561. The van der Waals surface area contributed by atoms with Crippen molar-refractivity contribution >= 4 is 23.1 Å². The van der Waals surface area contributed by atoms with Gasteiger partial charge in [0.15, 0.2) is 0 Å². The van der Waals surface area contributed by atoms with Gasteiger partial charge in [-0.05, 0) is 29.6 Å². The number of aliphatic hydroxyl groups excluding tert-OH is 1. The second-order valence-corrected chi connectivity index (χ2v) is 5.43. The van der Waals surface area contributed by atoms with Gasteiger partial charge in [0.25, 0.3) is 0 Å². The third-order valence-electron chi connectivity index (χ3n) is 2.82. The molecule has 19 heavy (non-hydrogen) atoms. The van der Waals surface area contributed by atoms with Crippen molar-refractivity contribution in [2.75, 3.05) is 0 Å². The lowest BCUT2D eigenvalue weighted by Gasteiger charge is -2.11. The van der Waals surface area contributed by atoms with E-state index >= 15 is 0 Å². The van der Waals surface area contributed by atoms with Crippen molar-refractivity contribution in [3.63, 3.8) is 0 Å². The minimum atomic E-state index is -0.749. The molecule has 1 aromatic heterocycles. The van der Waals surface area contributed by atoms with Crippen molar-refractivity contribution < 1.29 is 9.50 Å². The van der Waals surface area contributed by atoms with Gasteiger partial charge in [0.05, 0.1) is 21.7 Å². The van der Waals surface area contributed by atoms with Crippen LogP contribution in [0.1, 0.15) is 35.6 Å². The summed E-state index contributed by atoms with van der Waals surface area (Å²) < 4.78 is 17.2. The highest BCUT2D eigenvalue weighted by Crippen LogP contribution is 2.28. The van der Waals surface area contributed by atoms with E-state index in [0.717, 1.165) is 23.4 Å². The molecule has 0 amide bonds. The van der Waals surface area contributed by atoms with Crippen molar-refractivity contribution in [2.24, 2.45) is 0 Å². The molecule has 3 nitrogen and oxygen atoms in total. The second kappa shape index (κ2) is 6.41. The molecule has 0 aliphatic heterocycles. The van der Waals surface area contributed by atoms with Gasteiger partial charge in [-0.2, -0.15) is 0 Å². The number of rotatable bonds is 5. The summed E-state index contributed by atoms with van der Waals surface area (Å²) in [4.78, 5) is 0.738. The molecule has 0 aliphatic rings. The maximum atomic E-state index is 13.3. The molecule has 1 heterocycles. The summed E-state index contributed by atoms with van der Waals surface area (Å²) in [6.07, 6.45) is 1.23. The number of benzene rings is 1. The van der Waals surface area contributed by atoms with E-state index in [1.54, 1.807) is 12.1 Å². The van der Waals surface area contributed by atoms with Gasteiger partial charge in [-0.1, -0.05) is 41.6 Å². The van der Waals surface area contributed by atoms with Crippen molar-refractivity contribution in [1.29, 1.82) is 0 Å². The van der Waals surface area contributed by atoms with Crippen LogP contribution in [-0.2, 0) is 12.8 Å². The second-order valence-electron chi connectivity index (χ2n) is 4.27. The summed E-state index contributed by atoms with van der Waals surface area (Å²) in [5.41, 5.74) is 1.40. The summed E-state index contributed by atoms with van der Waals surface area (Å²) >= 11 is 7.06. The van der Waals surface area contributed by atoms with Gasteiger partial charge < -0.3 is 5.11 Å². The zero-order valence-corrected chi connectivity index (χ0v) is 12.0. The van der Waals surface area contributed by atoms with Crippen LogP contribution in [0.2, 0.25) is 5.02 Å². The highest BCUT2D eigenvalue weighted by molar-refractivity contribution is 7.05. The summed E-state index contributed by atoms with van der Waals surface area (Å²) in [5.74, 6) is -0.470. The lowest BCUT2D eigenvalue weighted by atomic mass is 10.0. The van der Waals surface area contributed by atoms with E-state index in [2.05, 4.69) is 9.59 Å². The molecule has 0 aliphatic carbocycles. The Morgan fingerprint density at radius 3 is 3.00 bits per heavy atom. The summed E-state index contributed by atoms with van der Waals surface area (Å²) in [7, 11) is 0. The molecule has 0 bridgehead atoms. The maximum absolute atomic E-state index is 13.3. The largest absolute Gasteiger partial charge is 0.387 e. The van der Waals surface area contributed by atoms with E-state index in [0.29, 0.717) is 5.56 Å². The van der Waals surface area contributed by atoms with Crippen LogP contribution < -0.4 is 0 Å². The fourth-order valence-corrected chi connectivity index (χ4v) is 2.77. The molecule has 0 saturated heterocycles. The standard InChI is InChI=1S/C13H14ClFN2OS/c1-2-4-10-13(19-17-16-10)11(18)7-8-5-3-6-9(15)12(8)14/h3,5-6,11,18H,2,4,7H2,1H3. The number of hydrogen-bond acceptors (Lipinski definition) is 4. The molecule has 0 saturated carbocycles. The van der Waals surface area contributed by atoms with Crippen LogP contribution in [0.15, 0.2) is 18.2 Å². The molecule has 6 heteroatoms. The lowest BCUT2D eigenvalue weighted by Crippen LogP contribution is -2.04. The first kappa shape index (κ1) is 14.4. The Kier molecular flexibility index (Phi) is 4.85. The molecule has 102 valence electrons. The van der Waals surface area contributed by atoms with Crippen LogP contribution in [0, 0.1) is 5.82 Å². The van der Waals surface area contributed by atoms with Gasteiger partial charge in [0.2, 0.25) is 0 Å². The first-order valence-electron chi connectivity index (χ1n) is 6.05. The first-order valence-corrected chi connectivity index (χ1v) is 7.20. The minimum Gasteiger partial charge on any atom is -0.387 e. The molecule has 2 rings (SSSR count). The van der Waals surface area contributed by atoms with Gasteiger partial charge in [0.1, 0.15) is 5.82 Å². The predicted molar refractivity (Wildman–Crippen MR) is 74.0 cm³/mol. The Hall–Kier alpha value is -1.04. The van der Waals surface area contributed by atoms with Crippen LogP contribution >= 0.6 is 23.1 Å². The average Bonchev–Trinajstić information content (AvgIpc) is 2.84. The SMILES string of the molecule is CCCc1nnsc1C(O)Cc1cccc(F)c1Cl. The fraction of sp³-hybridized carbons (Fsp3) is 0.385. The summed E-state index contributed by atoms with van der Waals surface area (Å²) in [5, 5.41) is 14.3. The maximum Gasteiger partial charge on any atom is 0.142 e. The Morgan fingerprint density at radius 2 is 2.26 bits per heavy atom. The number of aromatic nitrogens is 2. The van der Waals surface area contributed by atoms with E-state index in [1.807, 2.05) is 6.92 Å². The Balaban J connectivity index is 2.18. The number of halogens is 2. The smallest absolute Gasteiger partial charge is 0.142 e. The Labute approximate surface area is 120 Å². The van der Waals surface area contributed by atoms with E-state index < -0.39 is 11.9 Å². The zero-order valence-electron chi connectivity index (χ0n) is 10.4. The molecule has 1 unspecified atom stereocenters. The van der Waals surface area contributed by atoms with Crippen molar-refractivity contribution in [3.05, 3.63) is 45.2 Å². The Morgan fingerprint density at radius 1 is 1.47 bits per heavy atom. The van der Waals surface area contributed by atoms with Gasteiger partial charge in [-0.15, -0.1) is 5.10 Å². The summed E-state index contributed by atoms with van der Waals surface area (Å²) in [6.45, 7) is 2.04. The van der Waals surface area contributed by atoms with E-state index in [4.69, 9.17) is 11.6 Å². The third kappa shape index (κ3) is 3.29. The molecule has 2 aromatic rings. The number of aliphatic hydroxyl groups is 1. The van der Waals surface area contributed by atoms with Gasteiger partial charge in [-0.25, -0.2) is 4.39 Å². The molecule has 0 spiro atoms. The molecule has 1 atom stereocenters. The van der Waals surface area contributed by atoms with Gasteiger partial charge in [0, 0.05) is 6.42 Å². The monoisotopic (exact) mass is 300 g/mol. The van der Waals surface area contributed by atoms with Gasteiger partial charge in [-0.3, -0.25) is 0 Å². The first-order chi connectivity index (χ1) is 9.13. The third-order valence-corrected chi connectivity index (χ3v) is 4.11. The number of nitrogens with zero attached hydrogens (tertiary/aromatic N) is 2. The van der Waals surface area contributed by atoms with Crippen LogP contribution in [0.3, 0.4) is 0 Å². The van der Waals surface area contributed by atoms with E-state index in [1.165, 1.54) is 17.6 Å². The van der Waals surface area contributed by atoms with Crippen molar-refractivity contribution in [2.45, 2.75) is 32.3 Å². The van der Waals surface area contributed by atoms with Crippen molar-refractivity contribution in [3.8, 4) is 0 Å². The van der Waals surface area contributed by atoms with E-state index in [9.17, 15) is 9.50 Å². The van der Waals surface area contributed by atoms with Crippen LogP contribution in [0.5, 0.6) is 0 Å². The molecule has 1 aromatic carbocycles. The highest BCUT2D eigenvalue weighted by Gasteiger charge is 2.18. The molecule has 0 radical (unpaired) electrons. The quantitative estimate of drug-likeness (QED) is 0.918. The number of aryl methyl sites for hydroxylation is 1. The van der Waals surface area contributed by atoms with Crippen LogP contribution in [-0.4, -0.2) is 14.7 Å². The van der Waals surface area contributed by atoms with Crippen molar-refractivity contribution in [1.82, 2.24) is 9.59 Å². The molecular formula is C13H14ClFN2OS. The van der Waals surface area contributed by atoms with Crippen LogP contribution in [0.4, 0.5) is 4.39 Å².